The number of nitrogens with zero attached hydrogens (tertiary/aromatic N) is 2. The van der Waals surface area contributed by atoms with Crippen LogP contribution in [0.2, 0.25) is 5.02 Å². The predicted molar refractivity (Wildman–Crippen MR) is 103 cm³/mol. The summed E-state index contributed by atoms with van der Waals surface area (Å²) in [5.74, 6) is -1.39. The highest BCUT2D eigenvalue weighted by Crippen LogP contribution is 2.36. The summed E-state index contributed by atoms with van der Waals surface area (Å²) in [4.78, 5) is 16.3. The molecule has 4 rings (SSSR count). The molecule has 0 spiro atoms. The van der Waals surface area contributed by atoms with E-state index in [9.17, 15) is 4.79 Å². The van der Waals surface area contributed by atoms with Crippen LogP contribution in [0.5, 0.6) is 0 Å². The van der Waals surface area contributed by atoms with Gasteiger partial charge in [0.05, 0.1) is 25.0 Å². The number of ether oxygens (including phenoxy) is 3. The molecule has 1 saturated heterocycles. The number of hydrogen-bond acceptors (Lipinski definition) is 5. The zero-order chi connectivity index (χ0) is 19.4. The van der Waals surface area contributed by atoms with E-state index in [0.717, 1.165) is 5.56 Å². The van der Waals surface area contributed by atoms with E-state index in [1.54, 1.807) is 48.9 Å². The molecular formula is C21H19ClN2O4. The first-order valence-electron chi connectivity index (χ1n) is 8.90. The Balaban J connectivity index is 1.47. The Labute approximate surface area is 167 Å². The standard InChI is InChI=1S/C21H19ClN2O4/c22-18-8-6-17(7-9-18)21(14-24-11-10-23-15-24)27-13-19(28-21)12-26-20(25)16-4-2-1-3-5-16/h1-11,15,19H,12-14H2/t19-,21+/m1/s1. The maximum Gasteiger partial charge on any atom is 0.338 e. The average molecular weight is 399 g/mol. The number of carbonyl (C=O) groups excluding carboxylic acids is 1. The largest absolute Gasteiger partial charge is 0.459 e. The van der Waals surface area contributed by atoms with E-state index in [0.29, 0.717) is 23.7 Å². The summed E-state index contributed by atoms with van der Waals surface area (Å²) in [5.41, 5.74) is 1.34. The van der Waals surface area contributed by atoms with Gasteiger partial charge in [0.2, 0.25) is 5.79 Å². The normalized spacial score (nSPS) is 21.5. The summed E-state index contributed by atoms with van der Waals surface area (Å²) >= 11 is 6.02. The fourth-order valence-electron chi connectivity index (χ4n) is 3.12. The van der Waals surface area contributed by atoms with Crippen LogP contribution in [0.15, 0.2) is 73.3 Å². The third-order valence-corrected chi connectivity index (χ3v) is 4.76. The van der Waals surface area contributed by atoms with Crippen molar-refractivity contribution >= 4 is 17.6 Å². The molecule has 6 nitrogen and oxygen atoms in total. The molecule has 0 saturated carbocycles. The SMILES string of the molecule is O=C(OC[C@@H]1CO[C@](Cn2ccnc2)(c2ccc(Cl)cc2)O1)c1ccccc1. The molecular weight excluding hydrogens is 380 g/mol. The quantitative estimate of drug-likeness (QED) is 0.593. The number of hydrogen-bond donors (Lipinski definition) is 0. The second-order valence-corrected chi connectivity index (χ2v) is 6.95. The minimum atomic E-state index is -1.00. The van der Waals surface area contributed by atoms with Crippen molar-refractivity contribution in [2.45, 2.75) is 18.4 Å². The first-order valence-corrected chi connectivity index (χ1v) is 9.28. The van der Waals surface area contributed by atoms with E-state index >= 15 is 0 Å². The van der Waals surface area contributed by atoms with Gasteiger partial charge in [0.25, 0.3) is 0 Å². The zero-order valence-corrected chi connectivity index (χ0v) is 15.8. The lowest BCUT2D eigenvalue weighted by molar-refractivity contribution is -0.190. The highest BCUT2D eigenvalue weighted by Gasteiger charge is 2.44. The maximum atomic E-state index is 12.2. The molecule has 0 amide bonds. The fourth-order valence-corrected chi connectivity index (χ4v) is 3.25. The van der Waals surface area contributed by atoms with Crippen molar-refractivity contribution in [1.82, 2.24) is 9.55 Å². The summed E-state index contributed by atoms with van der Waals surface area (Å²) in [5, 5.41) is 0.632. The van der Waals surface area contributed by atoms with Gasteiger partial charge in [0, 0.05) is 23.0 Å². The van der Waals surface area contributed by atoms with Crippen molar-refractivity contribution in [2.24, 2.45) is 0 Å². The zero-order valence-electron chi connectivity index (χ0n) is 15.0. The number of halogens is 1. The van der Waals surface area contributed by atoms with E-state index in [1.165, 1.54) is 0 Å². The van der Waals surface area contributed by atoms with Gasteiger partial charge in [-0.3, -0.25) is 0 Å². The molecule has 28 heavy (non-hydrogen) atoms. The second kappa shape index (κ2) is 8.14. The van der Waals surface area contributed by atoms with E-state index < -0.39 is 5.79 Å². The number of rotatable bonds is 6. The molecule has 1 aromatic heterocycles. The van der Waals surface area contributed by atoms with Crippen LogP contribution in [-0.2, 0) is 26.5 Å². The summed E-state index contributed by atoms with van der Waals surface area (Å²) < 4.78 is 19.6. The van der Waals surface area contributed by atoms with E-state index in [-0.39, 0.29) is 18.7 Å². The van der Waals surface area contributed by atoms with Gasteiger partial charge in [-0.25, -0.2) is 9.78 Å². The van der Waals surface area contributed by atoms with Crippen LogP contribution in [0.3, 0.4) is 0 Å². The lowest BCUT2D eigenvalue weighted by atomic mass is 10.1. The van der Waals surface area contributed by atoms with Crippen molar-refractivity contribution in [3.8, 4) is 0 Å². The molecule has 0 unspecified atom stereocenters. The van der Waals surface area contributed by atoms with E-state index in [2.05, 4.69) is 4.98 Å². The van der Waals surface area contributed by atoms with Crippen LogP contribution >= 0.6 is 11.6 Å². The Kier molecular flexibility index (Phi) is 5.43. The van der Waals surface area contributed by atoms with Crippen LogP contribution in [0.1, 0.15) is 15.9 Å². The number of carbonyl (C=O) groups is 1. The molecule has 1 fully saturated rings. The Morgan fingerprint density at radius 2 is 2.00 bits per heavy atom. The highest BCUT2D eigenvalue weighted by atomic mass is 35.5. The van der Waals surface area contributed by atoms with Crippen LogP contribution < -0.4 is 0 Å². The molecule has 0 N–H and O–H groups in total. The Morgan fingerprint density at radius 1 is 1.21 bits per heavy atom. The highest BCUT2D eigenvalue weighted by molar-refractivity contribution is 6.30. The van der Waals surface area contributed by atoms with Gasteiger partial charge in [-0.1, -0.05) is 41.9 Å². The Hall–Kier alpha value is -2.67. The summed E-state index contributed by atoms with van der Waals surface area (Å²) in [6.07, 6.45) is 4.86. The summed E-state index contributed by atoms with van der Waals surface area (Å²) in [6, 6.07) is 16.2. The summed E-state index contributed by atoms with van der Waals surface area (Å²) in [7, 11) is 0. The van der Waals surface area contributed by atoms with Gasteiger partial charge in [0.1, 0.15) is 12.7 Å². The fraction of sp³-hybridized carbons (Fsp3) is 0.238. The first kappa shape index (κ1) is 18.7. The second-order valence-electron chi connectivity index (χ2n) is 6.51. The van der Waals surface area contributed by atoms with Crippen molar-refractivity contribution in [2.75, 3.05) is 13.2 Å². The van der Waals surface area contributed by atoms with Gasteiger partial charge in [-0.2, -0.15) is 0 Å². The number of esters is 1. The molecule has 0 radical (unpaired) electrons. The number of benzene rings is 2. The molecule has 0 aliphatic carbocycles. The lowest BCUT2D eigenvalue weighted by Crippen LogP contribution is -2.34. The lowest BCUT2D eigenvalue weighted by Gasteiger charge is -2.29. The van der Waals surface area contributed by atoms with E-state index in [1.807, 2.05) is 29.0 Å². The smallest absolute Gasteiger partial charge is 0.338 e. The number of aromatic nitrogens is 2. The molecule has 7 heteroatoms. The van der Waals surface area contributed by atoms with Gasteiger partial charge in [-0.05, 0) is 24.3 Å². The van der Waals surface area contributed by atoms with Crippen LogP contribution in [0, 0.1) is 0 Å². The molecule has 3 aromatic rings. The third-order valence-electron chi connectivity index (χ3n) is 4.50. The van der Waals surface area contributed by atoms with Crippen LogP contribution in [0.25, 0.3) is 0 Å². The summed E-state index contributed by atoms with van der Waals surface area (Å²) in [6.45, 7) is 0.824. The maximum absolute atomic E-state index is 12.2. The molecule has 144 valence electrons. The van der Waals surface area contributed by atoms with Gasteiger partial charge < -0.3 is 18.8 Å². The van der Waals surface area contributed by atoms with Crippen LogP contribution in [-0.4, -0.2) is 34.8 Å². The third kappa shape index (κ3) is 4.09. The van der Waals surface area contributed by atoms with Crippen molar-refractivity contribution in [3.05, 3.63) is 89.5 Å². The van der Waals surface area contributed by atoms with Crippen molar-refractivity contribution in [3.63, 3.8) is 0 Å². The van der Waals surface area contributed by atoms with Crippen LogP contribution in [0.4, 0.5) is 0 Å². The topological polar surface area (TPSA) is 62.6 Å². The minimum absolute atomic E-state index is 0.104. The van der Waals surface area contributed by atoms with Gasteiger partial charge >= 0.3 is 5.97 Å². The Morgan fingerprint density at radius 3 is 2.71 bits per heavy atom. The molecule has 0 bridgehead atoms. The van der Waals surface area contributed by atoms with Gasteiger partial charge in [0.15, 0.2) is 0 Å². The average Bonchev–Trinajstić information content (AvgIpc) is 3.38. The van der Waals surface area contributed by atoms with Crippen molar-refractivity contribution in [1.29, 1.82) is 0 Å². The molecule has 2 aromatic carbocycles. The minimum Gasteiger partial charge on any atom is -0.459 e. The molecule has 1 aliphatic heterocycles. The monoisotopic (exact) mass is 398 g/mol. The molecule has 1 aliphatic rings. The first-order chi connectivity index (χ1) is 13.6. The molecule has 2 heterocycles. The Bertz CT molecular complexity index is 915. The van der Waals surface area contributed by atoms with E-state index in [4.69, 9.17) is 25.8 Å². The number of imidazole rings is 1. The van der Waals surface area contributed by atoms with Gasteiger partial charge in [-0.15, -0.1) is 0 Å². The molecule has 2 atom stereocenters. The predicted octanol–water partition coefficient (Wildman–Crippen LogP) is 3.66. The van der Waals surface area contributed by atoms with Crippen molar-refractivity contribution < 1.29 is 19.0 Å².